The smallest absolute Gasteiger partial charge is 0.331 e. The number of carbonyl (C=O) groups is 3. The fraction of sp³-hybridized carbons (Fsp3) is 0.500. The van der Waals surface area contributed by atoms with Crippen molar-refractivity contribution < 1.29 is 28.6 Å². The van der Waals surface area contributed by atoms with Crippen molar-refractivity contribution in [3.63, 3.8) is 0 Å². The quantitative estimate of drug-likeness (QED) is 0.266. The van der Waals surface area contributed by atoms with Crippen LogP contribution < -0.4 is 0 Å². The Morgan fingerprint density at radius 3 is 2.26 bits per heavy atom. The Kier molecular flexibility index (Phi) is 9.29. The van der Waals surface area contributed by atoms with Crippen LogP contribution in [0.15, 0.2) is 35.3 Å². The summed E-state index contributed by atoms with van der Waals surface area (Å²) in [5, 5.41) is 7.89. The molecular weight excluding hydrogens is 436 g/mol. The number of nitrogens with one attached hydrogen (secondary N) is 1. The third-order valence-corrected chi connectivity index (χ3v) is 5.35. The van der Waals surface area contributed by atoms with E-state index in [4.69, 9.17) is 19.6 Å². The lowest BCUT2D eigenvalue weighted by atomic mass is 9.69. The van der Waals surface area contributed by atoms with Gasteiger partial charge in [0.15, 0.2) is 0 Å². The highest BCUT2D eigenvalue weighted by molar-refractivity contribution is 6.05. The van der Waals surface area contributed by atoms with Gasteiger partial charge in [-0.15, -0.1) is 0 Å². The van der Waals surface area contributed by atoms with E-state index >= 15 is 0 Å². The van der Waals surface area contributed by atoms with E-state index in [1.807, 2.05) is 0 Å². The Hall–Kier alpha value is -3.29. The molecule has 1 aliphatic heterocycles. The molecule has 0 radical (unpaired) electrons. The van der Waals surface area contributed by atoms with Crippen LogP contribution in [0.4, 0.5) is 0 Å². The van der Waals surface area contributed by atoms with Gasteiger partial charge in [0.2, 0.25) is 0 Å². The van der Waals surface area contributed by atoms with E-state index in [1.54, 1.807) is 71.9 Å². The van der Waals surface area contributed by atoms with Crippen molar-refractivity contribution in [2.75, 3.05) is 13.2 Å². The first-order valence-electron chi connectivity index (χ1n) is 11.4. The molecule has 34 heavy (non-hydrogen) atoms. The molecule has 0 saturated carbocycles. The molecule has 8 heteroatoms. The van der Waals surface area contributed by atoms with E-state index < -0.39 is 47.3 Å². The van der Waals surface area contributed by atoms with E-state index in [1.165, 1.54) is 6.08 Å². The molecule has 1 aromatic carbocycles. The minimum atomic E-state index is -0.911. The van der Waals surface area contributed by atoms with Crippen LogP contribution in [0.25, 0.3) is 6.08 Å². The maximum atomic E-state index is 13.1. The fourth-order valence-electron chi connectivity index (χ4n) is 4.12. The first-order valence-corrected chi connectivity index (χ1v) is 11.4. The normalized spacial score (nSPS) is 22.6. The molecule has 1 N–H and O–H groups in total. The molecule has 0 amide bonds. The number of benzene rings is 1. The molecule has 0 bridgehead atoms. The molecule has 1 aromatic rings. The molecular formula is C26H34N2O6. The maximum Gasteiger partial charge on any atom is 0.331 e. The van der Waals surface area contributed by atoms with Gasteiger partial charge in [-0.05, 0) is 58.7 Å². The van der Waals surface area contributed by atoms with Crippen LogP contribution in [-0.4, -0.2) is 54.7 Å². The summed E-state index contributed by atoms with van der Waals surface area (Å²) in [4.78, 5) is 42.9. The summed E-state index contributed by atoms with van der Waals surface area (Å²) in [6.45, 7) is 10.8. The lowest BCUT2D eigenvalue weighted by Crippen LogP contribution is -2.47. The highest BCUT2D eigenvalue weighted by atomic mass is 16.6. The van der Waals surface area contributed by atoms with E-state index in [9.17, 15) is 14.4 Å². The van der Waals surface area contributed by atoms with Crippen molar-refractivity contribution in [1.82, 2.24) is 0 Å². The summed E-state index contributed by atoms with van der Waals surface area (Å²) in [5.41, 5.74) is 1.13. The van der Waals surface area contributed by atoms with Crippen molar-refractivity contribution in [2.24, 2.45) is 16.8 Å². The van der Waals surface area contributed by atoms with Crippen molar-refractivity contribution >= 4 is 35.9 Å². The Balaban J connectivity index is 2.65. The number of aliphatic imine (C=N–C) groups is 1. The SMILES string of the molecule is CCOC(=O)C1C(C)=NC(C=N)C(C(=O)OCC)C1c1ccccc1C=CC(=O)OC(C)(C)C. The van der Waals surface area contributed by atoms with Crippen LogP contribution in [0.3, 0.4) is 0 Å². The molecule has 184 valence electrons. The molecule has 4 atom stereocenters. The van der Waals surface area contributed by atoms with Crippen LogP contribution in [0, 0.1) is 17.2 Å². The van der Waals surface area contributed by atoms with Gasteiger partial charge in [0.05, 0.1) is 25.2 Å². The number of hydrogen-bond donors (Lipinski definition) is 1. The zero-order valence-electron chi connectivity index (χ0n) is 20.7. The summed E-state index contributed by atoms with van der Waals surface area (Å²) < 4.78 is 16.0. The third-order valence-electron chi connectivity index (χ3n) is 5.35. The largest absolute Gasteiger partial charge is 0.466 e. The lowest BCUT2D eigenvalue weighted by molar-refractivity contribution is -0.153. The second kappa shape index (κ2) is 11.7. The van der Waals surface area contributed by atoms with Gasteiger partial charge in [-0.2, -0.15) is 0 Å². The van der Waals surface area contributed by atoms with Gasteiger partial charge in [0, 0.05) is 23.9 Å². The number of hydrogen-bond acceptors (Lipinski definition) is 8. The summed E-state index contributed by atoms with van der Waals surface area (Å²) in [7, 11) is 0. The second-order valence-corrected chi connectivity index (χ2v) is 8.96. The van der Waals surface area contributed by atoms with Gasteiger partial charge in [-0.1, -0.05) is 24.3 Å². The monoisotopic (exact) mass is 470 g/mol. The van der Waals surface area contributed by atoms with E-state index in [0.717, 1.165) is 6.21 Å². The molecule has 0 aromatic heterocycles. The standard InChI is InChI=1S/C26H34N2O6/c1-7-32-24(30)21-16(3)28-19(15-27)23(25(31)33-8-2)22(21)18-12-10-9-11-17(18)13-14-20(29)34-26(4,5)6/h9-15,19,21-23,27H,7-8H2,1-6H3. The molecule has 0 saturated heterocycles. The van der Waals surface area contributed by atoms with Gasteiger partial charge >= 0.3 is 17.9 Å². The van der Waals surface area contributed by atoms with Gasteiger partial charge in [-0.25, -0.2) is 4.79 Å². The van der Waals surface area contributed by atoms with Gasteiger partial charge < -0.3 is 19.6 Å². The third kappa shape index (κ3) is 6.62. The van der Waals surface area contributed by atoms with Crippen LogP contribution in [0.5, 0.6) is 0 Å². The molecule has 0 aliphatic carbocycles. The predicted molar refractivity (Wildman–Crippen MR) is 130 cm³/mol. The van der Waals surface area contributed by atoms with Crippen LogP contribution in [0.1, 0.15) is 58.6 Å². The number of esters is 3. The topological polar surface area (TPSA) is 115 Å². The number of rotatable bonds is 8. The molecule has 1 heterocycles. The predicted octanol–water partition coefficient (Wildman–Crippen LogP) is 3.98. The van der Waals surface area contributed by atoms with Crippen LogP contribution in [0.2, 0.25) is 0 Å². The summed E-state index contributed by atoms with van der Waals surface area (Å²) >= 11 is 0. The molecule has 0 fully saturated rings. The van der Waals surface area contributed by atoms with E-state index in [0.29, 0.717) is 16.8 Å². The molecule has 0 spiro atoms. The second-order valence-electron chi connectivity index (χ2n) is 8.96. The maximum absolute atomic E-state index is 13.1. The summed E-state index contributed by atoms with van der Waals surface area (Å²) in [6, 6.07) is 6.40. The molecule has 8 nitrogen and oxygen atoms in total. The van der Waals surface area contributed by atoms with E-state index in [2.05, 4.69) is 4.99 Å². The fourth-order valence-corrected chi connectivity index (χ4v) is 4.12. The van der Waals surface area contributed by atoms with Gasteiger partial charge in [-0.3, -0.25) is 14.6 Å². The number of ether oxygens (including phenoxy) is 3. The average Bonchev–Trinajstić information content (AvgIpc) is 2.76. The van der Waals surface area contributed by atoms with Gasteiger partial charge in [0.25, 0.3) is 0 Å². The van der Waals surface area contributed by atoms with Crippen LogP contribution >= 0.6 is 0 Å². The highest BCUT2D eigenvalue weighted by Gasteiger charge is 2.49. The Morgan fingerprint density at radius 2 is 1.68 bits per heavy atom. The van der Waals surface area contributed by atoms with Crippen molar-refractivity contribution in [1.29, 1.82) is 5.41 Å². The Bertz CT molecular complexity index is 976. The summed E-state index contributed by atoms with van der Waals surface area (Å²) in [6.07, 6.45) is 4.02. The van der Waals surface area contributed by atoms with Crippen LogP contribution in [-0.2, 0) is 28.6 Å². The highest BCUT2D eigenvalue weighted by Crippen LogP contribution is 2.42. The van der Waals surface area contributed by atoms with Crippen molar-refractivity contribution in [3.05, 3.63) is 41.5 Å². The molecule has 1 aliphatic rings. The number of carbonyl (C=O) groups excluding carboxylic acids is 3. The minimum Gasteiger partial charge on any atom is -0.466 e. The minimum absolute atomic E-state index is 0.153. The first kappa shape index (κ1) is 27.0. The first-order chi connectivity index (χ1) is 16.0. The lowest BCUT2D eigenvalue weighted by Gasteiger charge is -2.38. The van der Waals surface area contributed by atoms with E-state index in [-0.39, 0.29) is 13.2 Å². The molecule has 4 unspecified atom stereocenters. The Morgan fingerprint density at radius 1 is 1.06 bits per heavy atom. The van der Waals surface area contributed by atoms with Gasteiger partial charge in [0.1, 0.15) is 11.5 Å². The van der Waals surface area contributed by atoms with Crippen molar-refractivity contribution in [2.45, 2.75) is 59.1 Å². The Labute approximate surface area is 200 Å². The van der Waals surface area contributed by atoms with Crippen molar-refractivity contribution in [3.8, 4) is 0 Å². The zero-order chi connectivity index (χ0) is 25.5. The average molecular weight is 471 g/mol. The molecule has 2 rings (SSSR count). The number of nitrogens with zero attached hydrogens (tertiary/aromatic N) is 1. The summed E-state index contributed by atoms with van der Waals surface area (Å²) in [5.74, 6) is -4.02. The zero-order valence-corrected chi connectivity index (χ0v) is 20.7.